The summed E-state index contributed by atoms with van der Waals surface area (Å²) in [6.07, 6.45) is 1.36. The molecule has 0 bridgehead atoms. The molecule has 0 aromatic heterocycles. The second-order valence-corrected chi connectivity index (χ2v) is 15.4. The van der Waals surface area contributed by atoms with Gasteiger partial charge in [-0.25, -0.2) is 4.79 Å². The summed E-state index contributed by atoms with van der Waals surface area (Å²) >= 11 is 0. The average molecular weight is 487 g/mol. The summed E-state index contributed by atoms with van der Waals surface area (Å²) in [5.41, 5.74) is 1.50. The van der Waals surface area contributed by atoms with Gasteiger partial charge in [-0.3, -0.25) is 14.9 Å². The summed E-state index contributed by atoms with van der Waals surface area (Å²) in [6, 6.07) is 5.62. The molecule has 0 aliphatic carbocycles. The fourth-order valence-corrected chi connectivity index (χ4v) is 5.92. The van der Waals surface area contributed by atoms with Crippen molar-refractivity contribution >= 4 is 25.9 Å². The van der Waals surface area contributed by atoms with Crippen molar-refractivity contribution in [2.24, 2.45) is 11.8 Å². The van der Waals surface area contributed by atoms with Gasteiger partial charge in [-0.2, -0.15) is 0 Å². The SMILES string of the molecule is C=CC1=C(C(=O)OCc2ccc([N+](=O)[O-])cc2)N2C(=O)[C@H]([C@@H](C)O[Si](C)(C)C(C)(C)C)[C@H]2[C@H]1C. The van der Waals surface area contributed by atoms with Crippen LogP contribution in [-0.2, 0) is 25.4 Å². The van der Waals surface area contributed by atoms with Crippen molar-refractivity contribution < 1.29 is 23.7 Å². The lowest BCUT2D eigenvalue weighted by molar-refractivity contribution is -0.384. The molecule has 0 N–H and O–H groups in total. The lowest BCUT2D eigenvalue weighted by atomic mass is 9.78. The number of amides is 1. The molecule has 1 amide bonds. The molecule has 1 fully saturated rings. The minimum absolute atomic E-state index is 0.0202. The molecule has 0 saturated carbocycles. The Morgan fingerprint density at radius 2 is 1.88 bits per heavy atom. The van der Waals surface area contributed by atoms with E-state index in [4.69, 9.17) is 9.16 Å². The van der Waals surface area contributed by atoms with Gasteiger partial charge in [0.25, 0.3) is 5.69 Å². The maximum atomic E-state index is 13.2. The lowest BCUT2D eigenvalue weighted by Crippen LogP contribution is -2.65. The van der Waals surface area contributed by atoms with Crippen LogP contribution in [-0.4, -0.2) is 42.2 Å². The maximum absolute atomic E-state index is 13.2. The van der Waals surface area contributed by atoms with Crippen molar-refractivity contribution in [2.45, 2.75) is 71.5 Å². The number of allylic oxidation sites excluding steroid dienone is 1. The second kappa shape index (κ2) is 9.11. The van der Waals surface area contributed by atoms with Crippen molar-refractivity contribution in [3.63, 3.8) is 0 Å². The molecule has 0 spiro atoms. The lowest BCUT2D eigenvalue weighted by Gasteiger charge is -2.50. The number of carbonyl (C=O) groups excluding carboxylic acids is 2. The summed E-state index contributed by atoms with van der Waals surface area (Å²) in [4.78, 5) is 38.1. The van der Waals surface area contributed by atoms with E-state index in [2.05, 4.69) is 40.4 Å². The summed E-state index contributed by atoms with van der Waals surface area (Å²) in [7, 11) is -2.07. The van der Waals surface area contributed by atoms with E-state index in [-0.39, 0.29) is 52.9 Å². The highest BCUT2D eigenvalue weighted by Gasteiger charge is 2.60. The normalized spacial score (nSPS) is 23.3. The van der Waals surface area contributed by atoms with E-state index >= 15 is 0 Å². The zero-order chi connectivity index (χ0) is 25.6. The molecule has 34 heavy (non-hydrogen) atoms. The number of ether oxygens (including phenoxy) is 1. The molecule has 1 aromatic carbocycles. The first kappa shape index (κ1) is 25.8. The van der Waals surface area contributed by atoms with Gasteiger partial charge < -0.3 is 14.1 Å². The highest BCUT2D eigenvalue weighted by Crippen LogP contribution is 2.49. The third-order valence-electron chi connectivity index (χ3n) is 7.43. The molecule has 1 aromatic rings. The van der Waals surface area contributed by atoms with Crippen LogP contribution in [0.1, 0.15) is 40.2 Å². The molecular formula is C25H34N2O6Si. The topological polar surface area (TPSA) is 99.0 Å². The van der Waals surface area contributed by atoms with Crippen LogP contribution in [0.25, 0.3) is 0 Å². The first-order valence-electron chi connectivity index (χ1n) is 11.5. The Kier molecular flexibility index (Phi) is 6.92. The van der Waals surface area contributed by atoms with Crippen molar-refractivity contribution in [3.05, 3.63) is 63.9 Å². The monoisotopic (exact) mass is 486 g/mol. The number of non-ortho nitro benzene ring substituents is 1. The van der Waals surface area contributed by atoms with Crippen LogP contribution < -0.4 is 0 Å². The molecule has 0 radical (unpaired) electrons. The van der Waals surface area contributed by atoms with E-state index < -0.39 is 19.2 Å². The van der Waals surface area contributed by atoms with E-state index in [1.807, 2.05) is 13.8 Å². The van der Waals surface area contributed by atoms with E-state index in [0.29, 0.717) is 11.1 Å². The minimum Gasteiger partial charge on any atom is -0.456 e. The van der Waals surface area contributed by atoms with Gasteiger partial charge in [0, 0.05) is 18.1 Å². The summed E-state index contributed by atoms with van der Waals surface area (Å²) in [5.74, 6) is -1.15. The highest BCUT2D eigenvalue weighted by atomic mass is 28.4. The number of rotatable bonds is 8. The zero-order valence-electron chi connectivity index (χ0n) is 21.0. The maximum Gasteiger partial charge on any atom is 0.355 e. The highest BCUT2D eigenvalue weighted by molar-refractivity contribution is 6.74. The van der Waals surface area contributed by atoms with Crippen molar-refractivity contribution in [1.29, 1.82) is 0 Å². The molecule has 184 valence electrons. The number of benzene rings is 1. The van der Waals surface area contributed by atoms with E-state index in [9.17, 15) is 19.7 Å². The fourth-order valence-electron chi connectivity index (χ4n) is 4.49. The van der Waals surface area contributed by atoms with Crippen LogP contribution in [0.5, 0.6) is 0 Å². The van der Waals surface area contributed by atoms with Gasteiger partial charge in [0.1, 0.15) is 12.3 Å². The number of hydrogen-bond acceptors (Lipinski definition) is 6. The number of nitro benzene ring substituents is 1. The molecule has 0 unspecified atom stereocenters. The van der Waals surface area contributed by atoms with Crippen LogP contribution in [0.2, 0.25) is 18.1 Å². The van der Waals surface area contributed by atoms with Crippen molar-refractivity contribution in [1.82, 2.24) is 4.90 Å². The van der Waals surface area contributed by atoms with Crippen molar-refractivity contribution in [3.8, 4) is 0 Å². The third kappa shape index (κ3) is 4.46. The number of hydrogen-bond donors (Lipinski definition) is 0. The standard InChI is InChI=1S/C25H34N2O6Si/c1-9-19-15(2)21-20(16(3)33-34(7,8)25(4,5)6)23(28)26(21)22(19)24(29)32-14-17-10-12-18(13-11-17)27(30)31/h9-13,15-16,20-21H,1,14H2,2-8H3/t15-,16+,20+,21+/m0/s1. The van der Waals surface area contributed by atoms with E-state index in [0.717, 1.165) is 0 Å². The Bertz CT molecular complexity index is 1040. The molecule has 3 rings (SSSR count). The minimum atomic E-state index is -2.07. The smallest absolute Gasteiger partial charge is 0.355 e. The van der Waals surface area contributed by atoms with Gasteiger partial charge in [-0.1, -0.05) is 40.3 Å². The number of β-lactam (4-membered cyclic amide) rings is 1. The molecule has 2 heterocycles. The van der Waals surface area contributed by atoms with Crippen LogP contribution in [0, 0.1) is 22.0 Å². The number of nitrogens with zero attached hydrogens (tertiary/aromatic N) is 2. The van der Waals surface area contributed by atoms with Crippen LogP contribution in [0.3, 0.4) is 0 Å². The predicted molar refractivity (Wildman–Crippen MR) is 131 cm³/mol. The third-order valence-corrected chi connectivity index (χ3v) is 12.0. The molecule has 1 saturated heterocycles. The quantitative estimate of drug-likeness (QED) is 0.169. The van der Waals surface area contributed by atoms with E-state index in [1.165, 1.54) is 17.0 Å². The van der Waals surface area contributed by atoms with Gasteiger partial charge in [0.2, 0.25) is 5.91 Å². The summed E-state index contributed by atoms with van der Waals surface area (Å²) in [5, 5.41) is 10.8. The molecule has 4 atom stereocenters. The van der Waals surface area contributed by atoms with E-state index in [1.54, 1.807) is 18.2 Å². The van der Waals surface area contributed by atoms with Gasteiger partial charge >= 0.3 is 5.97 Å². The first-order valence-corrected chi connectivity index (χ1v) is 14.4. The van der Waals surface area contributed by atoms with Gasteiger partial charge in [0.05, 0.1) is 23.0 Å². The number of fused-ring (bicyclic) bond motifs is 1. The van der Waals surface area contributed by atoms with Gasteiger partial charge in [-0.05, 0) is 48.3 Å². The Labute approximate surface area is 201 Å². The number of carbonyl (C=O) groups is 2. The van der Waals surface area contributed by atoms with Gasteiger partial charge in [-0.15, -0.1) is 0 Å². The predicted octanol–water partition coefficient (Wildman–Crippen LogP) is 4.97. The molecule has 2 aliphatic heterocycles. The number of esters is 1. The Morgan fingerprint density at radius 3 is 2.38 bits per heavy atom. The summed E-state index contributed by atoms with van der Waals surface area (Å²) in [6.45, 7) is 18.6. The second-order valence-electron chi connectivity index (χ2n) is 10.6. The molecule has 8 nitrogen and oxygen atoms in total. The summed E-state index contributed by atoms with van der Waals surface area (Å²) < 4.78 is 12.0. The largest absolute Gasteiger partial charge is 0.456 e. The van der Waals surface area contributed by atoms with Crippen LogP contribution >= 0.6 is 0 Å². The fraction of sp³-hybridized carbons (Fsp3) is 0.520. The first-order chi connectivity index (χ1) is 15.7. The number of nitro groups is 1. The average Bonchev–Trinajstić information content (AvgIpc) is 2.99. The van der Waals surface area contributed by atoms with Crippen LogP contribution in [0.15, 0.2) is 48.2 Å². The molecule has 9 heteroatoms. The Morgan fingerprint density at radius 1 is 1.29 bits per heavy atom. The molecular weight excluding hydrogens is 452 g/mol. The Hall–Kier alpha value is -2.78. The Balaban J connectivity index is 1.74. The van der Waals surface area contributed by atoms with Crippen molar-refractivity contribution in [2.75, 3.05) is 0 Å². The van der Waals surface area contributed by atoms with Gasteiger partial charge in [0.15, 0.2) is 8.32 Å². The zero-order valence-corrected chi connectivity index (χ0v) is 22.0. The molecule has 2 aliphatic rings. The van der Waals surface area contributed by atoms with Crippen LogP contribution in [0.4, 0.5) is 5.69 Å².